The molecule has 1 unspecified atom stereocenters. The van der Waals surface area contributed by atoms with Crippen LogP contribution in [-0.2, 0) is 13.7 Å². The van der Waals surface area contributed by atoms with Gasteiger partial charge in [-0.2, -0.15) is 5.26 Å². The molecular formula is C12H15N2O3P. The largest absolute Gasteiger partial charge is 0.399 e. The molecule has 18 heavy (non-hydrogen) atoms. The van der Waals surface area contributed by atoms with Crippen molar-refractivity contribution in [3.05, 3.63) is 35.9 Å². The van der Waals surface area contributed by atoms with E-state index >= 15 is 0 Å². The first-order valence-electron chi connectivity index (χ1n) is 5.61. The first kappa shape index (κ1) is 14.4. The molecule has 0 heterocycles. The van der Waals surface area contributed by atoms with E-state index in [9.17, 15) is 4.57 Å². The fraction of sp³-hybridized carbons (Fsp3) is 0.333. The topological polar surface area (TPSA) is 71.7 Å². The zero-order chi connectivity index (χ0) is 13.4. The molecule has 0 fully saturated rings. The Morgan fingerprint density at radius 2 is 2.06 bits per heavy atom. The van der Waals surface area contributed by atoms with Crippen LogP contribution in [0, 0.1) is 11.3 Å². The van der Waals surface area contributed by atoms with Gasteiger partial charge in [0.2, 0.25) is 0 Å². The molecule has 0 radical (unpaired) electrons. The summed E-state index contributed by atoms with van der Waals surface area (Å²) in [5, 5.41) is 12.6. The first-order valence-corrected chi connectivity index (χ1v) is 7.34. The molecule has 5 nitrogen and oxygen atoms in total. The molecule has 0 spiro atoms. The Bertz CT molecular complexity index is 494. The number of nitriles is 1. The summed E-state index contributed by atoms with van der Waals surface area (Å²) in [7, 11) is -3.23. The summed E-state index contributed by atoms with van der Waals surface area (Å²) in [5.41, 5.74) is 0.683. The lowest BCUT2D eigenvalue weighted by molar-refractivity contribution is 0.220. The summed E-state index contributed by atoms with van der Waals surface area (Å²) in [6.07, 6.45) is 0.206. The van der Waals surface area contributed by atoms with Gasteiger partial charge in [-0.3, -0.25) is 4.52 Å². The van der Waals surface area contributed by atoms with Gasteiger partial charge in [-0.25, -0.2) is 4.57 Å². The molecule has 0 amide bonds. The fourth-order valence-electron chi connectivity index (χ4n) is 1.21. The lowest BCUT2D eigenvalue weighted by atomic mass is 10.1. The van der Waals surface area contributed by atoms with Crippen molar-refractivity contribution in [2.75, 3.05) is 12.8 Å². The van der Waals surface area contributed by atoms with Crippen molar-refractivity contribution in [3.8, 4) is 6.07 Å². The second-order valence-electron chi connectivity index (χ2n) is 3.34. The predicted molar refractivity (Wildman–Crippen MR) is 69.5 cm³/mol. The second-order valence-corrected chi connectivity index (χ2v) is 5.62. The molecular weight excluding hydrogens is 251 g/mol. The van der Waals surface area contributed by atoms with Gasteiger partial charge >= 0.3 is 7.60 Å². The Hall–Kier alpha value is -1.63. The molecule has 1 rings (SSSR count). The Morgan fingerprint density at radius 3 is 2.56 bits per heavy atom. The molecule has 96 valence electrons. The van der Waals surface area contributed by atoms with Crippen LogP contribution in [0.2, 0.25) is 0 Å². The minimum Gasteiger partial charge on any atom is -0.313 e. The van der Waals surface area contributed by atoms with Crippen molar-refractivity contribution < 1.29 is 13.7 Å². The Morgan fingerprint density at radius 1 is 1.39 bits per heavy atom. The van der Waals surface area contributed by atoms with E-state index in [0.29, 0.717) is 5.56 Å². The SMILES string of the molecule is CCOP(=O)(CC)O/N=C(\C#N)c1ccccc1. The van der Waals surface area contributed by atoms with Gasteiger partial charge in [0.1, 0.15) is 6.07 Å². The Balaban J connectivity index is 2.88. The number of hydrogen-bond donors (Lipinski definition) is 0. The summed E-state index contributed by atoms with van der Waals surface area (Å²) in [4.78, 5) is 0. The smallest absolute Gasteiger partial charge is 0.313 e. The van der Waals surface area contributed by atoms with E-state index in [1.165, 1.54) is 0 Å². The molecule has 1 aromatic rings. The van der Waals surface area contributed by atoms with Crippen LogP contribution in [-0.4, -0.2) is 18.5 Å². The Kier molecular flexibility index (Phi) is 5.57. The molecule has 0 saturated carbocycles. The molecule has 0 bridgehead atoms. The third-order valence-corrected chi connectivity index (χ3v) is 3.88. The molecule has 1 atom stereocenters. The fourth-order valence-corrected chi connectivity index (χ4v) is 2.15. The maximum Gasteiger partial charge on any atom is 0.399 e. The van der Waals surface area contributed by atoms with Gasteiger partial charge in [-0.15, -0.1) is 0 Å². The maximum absolute atomic E-state index is 12.0. The van der Waals surface area contributed by atoms with Crippen molar-refractivity contribution in [1.82, 2.24) is 0 Å². The number of rotatable bonds is 6. The highest BCUT2D eigenvalue weighted by molar-refractivity contribution is 7.53. The molecule has 0 aliphatic rings. The van der Waals surface area contributed by atoms with Crippen molar-refractivity contribution in [2.45, 2.75) is 13.8 Å². The summed E-state index contributed by atoms with van der Waals surface area (Å²) in [6, 6.07) is 10.7. The monoisotopic (exact) mass is 266 g/mol. The number of hydrogen-bond acceptors (Lipinski definition) is 5. The number of oxime groups is 1. The van der Waals surface area contributed by atoms with Crippen molar-refractivity contribution >= 4 is 13.3 Å². The number of benzene rings is 1. The van der Waals surface area contributed by atoms with Crippen LogP contribution in [0.5, 0.6) is 0 Å². The predicted octanol–water partition coefficient (Wildman–Crippen LogP) is 3.18. The van der Waals surface area contributed by atoms with Gasteiger partial charge in [0.15, 0.2) is 5.71 Å². The minimum atomic E-state index is -3.23. The van der Waals surface area contributed by atoms with Gasteiger partial charge in [-0.05, 0) is 6.92 Å². The maximum atomic E-state index is 12.0. The molecule has 0 aromatic heterocycles. The van der Waals surface area contributed by atoms with E-state index in [1.807, 2.05) is 12.1 Å². The van der Waals surface area contributed by atoms with Crippen molar-refractivity contribution in [1.29, 1.82) is 5.26 Å². The molecule has 0 aliphatic carbocycles. The second kappa shape index (κ2) is 6.95. The van der Waals surface area contributed by atoms with E-state index in [1.54, 1.807) is 38.1 Å². The van der Waals surface area contributed by atoms with Gasteiger partial charge in [-0.1, -0.05) is 42.4 Å². The zero-order valence-corrected chi connectivity index (χ0v) is 11.3. The molecule has 0 aliphatic heterocycles. The molecule has 1 aromatic carbocycles. The van der Waals surface area contributed by atoms with E-state index in [2.05, 4.69) is 5.16 Å². The van der Waals surface area contributed by atoms with Gasteiger partial charge in [0, 0.05) is 5.56 Å². The summed E-state index contributed by atoms with van der Waals surface area (Å²) < 4.78 is 21.9. The lowest BCUT2D eigenvalue weighted by Gasteiger charge is -2.12. The van der Waals surface area contributed by atoms with E-state index < -0.39 is 7.60 Å². The average molecular weight is 266 g/mol. The van der Waals surface area contributed by atoms with Crippen molar-refractivity contribution in [2.24, 2.45) is 5.16 Å². The van der Waals surface area contributed by atoms with Gasteiger partial charge in [0.25, 0.3) is 0 Å². The van der Waals surface area contributed by atoms with Crippen LogP contribution in [0.4, 0.5) is 0 Å². The van der Waals surface area contributed by atoms with Crippen LogP contribution in [0.3, 0.4) is 0 Å². The van der Waals surface area contributed by atoms with Gasteiger partial charge < -0.3 is 4.62 Å². The van der Waals surface area contributed by atoms with Crippen LogP contribution >= 0.6 is 7.60 Å². The average Bonchev–Trinajstić information content (AvgIpc) is 2.41. The third kappa shape index (κ3) is 3.99. The normalized spacial score (nSPS) is 14.6. The Labute approximate surface area is 107 Å². The third-order valence-electron chi connectivity index (χ3n) is 2.12. The van der Waals surface area contributed by atoms with E-state index in [-0.39, 0.29) is 18.5 Å². The van der Waals surface area contributed by atoms with E-state index in [4.69, 9.17) is 14.4 Å². The minimum absolute atomic E-state index is 0.0731. The molecule has 0 N–H and O–H groups in total. The number of nitrogens with zero attached hydrogens (tertiary/aromatic N) is 2. The van der Waals surface area contributed by atoms with Crippen LogP contribution in [0.15, 0.2) is 35.5 Å². The van der Waals surface area contributed by atoms with E-state index in [0.717, 1.165) is 0 Å². The zero-order valence-electron chi connectivity index (χ0n) is 10.4. The standard InChI is InChI=1S/C12H15N2O3P/c1-3-16-18(15,4-2)17-14-12(10-13)11-8-6-5-7-9-11/h5-9H,3-4H2,1-2H3/b14-12+. The van der Waals surface area contributed by atoms with Crippen LogP contribution in [0.25, 0.3) is 0 Å². The summed E-state index contributed by atoms with van der Waals surface area (Å²) in [6.45, 7) is 3.67. The highest BCUT2D eigenvalue weighted by Gasteiger charge is 2.22. The molecule has 6 heteroatoms. The molecule has 0 saturated heterocycles. The van der Waals surface area contributed by atoms with Crippen LogP contribution < -0.4 is 0 Å². The summed E-state index contributed by atoms with van der Waals surface area (Å²) in [5.74, 6) is 0. The lowest BCUT2D eigenvalue weighted by Crippen LogP contribution is -2.00. The summed E-state index contributed by atoms with van der Waals surface area (Å²) >= 11 is 0. The highest BCUT2D eigenvalue weighted by atomic mass is 31.2. The van der Waals surface area contributed by atoms with Crippen LogP contribution in [0.1, 0.15) is 19.4 Å². The quantitative estimate of drug-likeness (QED) is 0.450. The highest BCUT2D eigenvalue weighted by Crippen LogP contribution is 2.47. The first-order chi connectivity index (χ1) is 8.65. The van der Waals surface area contributed by atoms with Gasteiger partial charge in [0.05, 0.1) is 12.8 Å². The van der Waals surface area contributed by atoms with Crippen molar-refractivity contribution in [3.63, 3.8) is 0 Å².